The summed E-state index contributed by atoms with van der Waals surface area (Å²) in [5, 5.41) is 4.85. The molecule has 0 N–H and O–H groups in total. The molecule has 4 heterocycles. The maximum atomic E-state index is 5.21. The first-order valence-electron chi connectivity index (χ1n) is 15.6. The van der Waals surface area contributed by atoms with E-state index in [1.54, 1.807) is 0 Å². The Bertz CT molecular complexity index is 2320. The highest BCUT2D eigenvalue weighted by Crippen LogP contribution is 2.49. The number of fused-ring (bicyclic) bond motifs is 5. The minimum absolute atomic E-state index is 0.0230. The lowest BCUT2D eigenvalue weighted by Crippen LogP contribution is -2.24. The van der Waals surface area contributed by atoms with Crippen LogP contribution >= 0.6 is 11.3 Å². The molecule has 216 valence electrons. The Morgan fingerprint density at radius 3 is 2.16 bits per heavy atom. The fourth-order valence-corrected chi connectivity index (χ4v) is 8.30. The second-order valence-electron chi connectivity index (χ2n) is 12.6. The van der Waals surface area contributed by atoms with Crippen molar-refractivity contribution in [2.75, 3.05) is 0 Å². The van der Waals surface area contributed by atoms with E-state index in [1.807, 2.05) is 17.4 Å². The highest BCUT2D eigenvalue weighted by atomic mass is 32.1. The third-order valence-electron chi connectivity index (χ3n) is 9.54. The second kappa shape index (κ2) is 9.98. The number of benzene rings is 5. The van der Waals surface area contributed by atoms with Crippen LogP contribution < -0.4 is 0 Å². The molecule has 5 aromatic carbocycles. The molecule has 0 fully saturated rings. The van der Waals surface area contributed by atoms with Crippen LogP contribution in [0.3, 0.4) is 0 Å². The van der Waals surface area contributed by atoms with Crippen LogP contribution in [0.25, 0.3) is 38.6 Å². The summed E-state index contributed by atoms with van der Waals surface area (Å²) in [6.07, 6.45) is 0.441. The lowest BCUT2D eigenvalue weighted by Gasteiger charge is -2.32. The predicted molar refractivity (Wildman–Crippen MR) is 190 cm³/mol. The van der Waals surface area contributed by atoms with Gasteiger partial charge in [0.1, 0.15) is 0 Å². The van der Waals surface area contributed by atoms with Gasteiger partial charge in [-0.3, -0.25) is 9.98 Å². The quantitative estimate of drug-likeness (QED) is 0.193. The fourth-order valence-electron chi connectivity index (χ4n) is 7.28. The maximum absolute atomic E-state index is 5.21. The normalized spacial score (nSPS) is 16.8. The first-order chi connectivity index (χ1) is 22.1. The van der Waals surface area contributed by atoms with Crippen molar-refractivity contribution in [3.05, 3.63) is 160 Å². The van der Waals surface area contributed by atoms with Crippen molar-refractivity contribution in [3.63, 3.8) is 0 Å². The number of hydrogen-bond acceptors (Lipinski definition) is 3. The maximum Gasteiger partial charge on any atom is 0.165 e. The molecular formula is C41H31N3S. The van der Waals surface area contributed by atoms with Gasteiger partial charge < -0.3 is 4.57 Å². The summed E-state index contributed by atoms with van der Waals surface area (Å²) in [5.74, 6) is 0. The number of thiophene rings is 1. The Balaban J connectivity index is 1.16. The topological polar surface area (TPSA) is 29.6 Å². The van der Waals surface area contributed by atoms with Crippen LogP contribution in [0.4, 0.5) is 0 Å². The largest absolute Gasteiger partial charge is 0.308 e. The number of para-hydroxylation sites is 1. The Labute approximate surface area is 266 Å². The molecule has 2 aliphatic heterocycles. The van der Waals surface area contributed by atoms with Crippen LogP contribution in [0.15, 0.2) is 143 Å². The first kappa shape index (κ1) is 26.4. The van der Waals surface area contributed by atoms with Gasteiger partial charge in [-0.15, -0.1) is 11.3 Å². The number of aromatic nitrogens is 1. The van der Waals surface area contributed by atoms with Gasteiger partial charge in [0.15, 0.2) is 6.17 Å². The van der Waals surface area contributed by atoms with E-state index >= 15 is 0 Å². The van der Waals surface area contributed by atoms with Crippen molar-refractivity contribution in [3.8, 4) is 16.8 Å². The number of aliphatic imine (C=N–C) groups is 2. The van der Waals surface area contributed by atoms with Gasteiger partial charge in [0.05, 0.1) is 28.1 Å². The van der Waals surface area contributed by atoms with Gasteiger partial charge in [-0.2, -0.15) is 0 Å². The summed E-state index contributed by atoms with van der Waals surface area (Å²) in [6.45, 7) is 4.72. The zero-order valence-corrected chi connectivity index (χ0v) is 26.1. The van der Waals surface area contributed by atoms with Crippen molar-refractivity contribution in [2.45, 2.75) is 31.8 Å². The van der Waals surface area contributed by atoms with Crippen LogP contribution in [0.1, 0.15) is 53.6 Å². The van der Waals surface area contributed by atoms with E-state index in [0.717, 1.165) is 28.1 Å². The van der Waals surface area contributed by atoms with Gasteiger partial charge >= 0.3 is 0 Å². The average Bonchev–Trinajstić information content (AvgIpc) is 3.72. The summed E-state index contributed by atoms with van der Waals surface area (Å²) >= 11 is 1.86. The Kier molecular flexibility index (Phi) is 5.84. The molecular weight excluding hydrogens is 567 g/mol. The monoisotopic (exact) mass is 597 g/mol. The second-order valence-corrected chi connectivity index (χ2v) is 13.5. The molecule has 0 saturated carbocycles. The lowest BCUT2D eigenvalue weighted by molar-refractivity contribution is 0.646. The van der Waals surface area contributed by atoms with Crippen molar-refractivity contribution in [1.29, 1.82) is 0 Å². The van der Waals surface area contributed by atoms with Crippen LogP contribution in [0.5, 0.6) is 0 Å². The summed E-state index contributed by atoms with van der Waals surface area (Å²) in [5.41, 5.74) is 13.2. The summed E-state index contributed by atoms with van der Waals surface area (Å²) in [7, 11) is 0. The molecule has 0 radical (unpaired) electrons. The number of hydrogen-bond donors (Lipinski definition) is 0. The fraction of sp³-hybridized carbons (Fsp3) is 0.122. The first-order valence-corrected chi connectivity index (χ1v) is 16.4. The minimum Gasteiger partial charge on any atom is -0.308 e. The highest BCUT2D eigenvalue weighted by molar-refractivity contribution is 7.10. The molecule has 2 aromatic heterocycles. The molecule has 4 heteroatoms. The van der Waals surface area contributed by atoms with Gasteiger partial charge in [-0.1, -0.05) is 117 Å². The Hall–Kier alpha value is -5.06. The molecule has 2 aliphatic rings. The van der Waals surface area contributed by atoms with E-state index in [0.29, 0.717) is 6.42 Å². The van der Waals surface area contributed by atoms with Crippen LogP contribution in [0.2, 0.25) is 0 Å². The molecule has 45 heavy (non-hydrogen) atoms. The van der Waals surface area contributed by atoms with E-state index in [9.17, 15) is 0 Å². The number of rotatable bonds is 4. The summed E-state index contributed by atoms with van der Waals surface area (Å²) in [6, 6.07) is 45.9. The summed E-state index contributed by atoms with van der Waals surface area (Å²) in [4.78, 5) is 11.8. The molecule has 3 nitrogen and oxygen atoms in total. The standard InChI is InChI=1S/C41H31N3S/c1-41(2)33-18-10-17-31-32-24-29(19-20-36(32)44(38(31)33)37-21-22-45-39(37)41)28-15-9-16-30(23-28)35-25-34(26-11-5-3-6-12-26)42-40(43-35)27-13-7-4-8-14-27/h3-24,40H,25H2,1-2H3. The molecule has 0 saturated heterocycles. The van der Waals surface area contributed by atoms with E-state index in [-0.39, 0.29) is 11.6 Å². The molecule has 7 aromatic rings. The number of nitrogens with zero attached hydrogens (tertiary/aromatic N) is 3. The van der Waals surface area contributed by atoms with Crippen molar-refractivity contribution >= 4 is 44.6 Å². The SMILES string of the molecule is CC1(C)c2sccc2-n2c3ccc(-c4cccc(C5=NC(c6ccccc6)N=C(c6ccccc6)C5)c4)cc3c3cccc1c32. The third-order valence-corrected chi connectivity index (χ3v) is 10.8. The molecule has 0 amide bonds. The Morgan fingerprint density at radius 2 is 1.33 bits per heavy atom. The molecule has 0 aliphatic carbocycles. The van der Waals surface area contributed by atoms with E-state index in [1.165, 1.54) is 49.1 Å². The smallest absolute Gasteiger partial charge is 0.165 e. The highest BCUT2D eigenvalue weighted by Gasteiger charge is 2.36. The van der Waals surface area contributed by atoms with Gasteiger partial charge in [0, 0.05) is 27.5 Å². The zero-order chi connectivity index (χ0) is 30.1. The van der Waals surface area contributed by atoms with Crippen LogP contribution in [0, 0.1) is 0 Å². The molecule has 9 rings (SSSR count). The van der Waals surface area contributed by atoms with Gasteiger partial charge in [-0.05, 0) is 63.0 Å². The predicted octanol–water partition coefficient (Wildman–Crippen LogP) is 10.5. The van der Waals surface area contributed by atoms with Crippen LogP contribution in [-0.4, -0.2) is 16.0 Å². The molecule has 1 atom stereocenters. The van der Waals surface area contributed by atoms with Gasteiger partial charge in [-0.25, -0.2) is 0 Å². The van der Waals surface area contributed by atoms with Gasteiger partial charge in [0.2, 0.25) is 0 Å². The van der Waals surface area contributed by atoms with Crippen molar-refractivity contribution in [2.24, 2.45) is 9.98 Å². The minimum atomic E-state index is -0.258. The molecule has 0 bridgehead atoms. The van der Waals surface area contributed by atoms with Crippen molar-refractivity contribution < 1.29 is 0 Å². The Morgan fingerprint density at radius 1 is 0.644 bits per heavy atom. The van der Waals surface area contributed by atoms with E-state index in [4.69, 9.17) is 9.98 Å². The lowest BCUT2D eigenvalue weighted by atomic mass is 9.79. The van der Waals surface area contributed by atoms with E-state index in [2.05, 4.69) is 145 Å². The average molecular weight is 598 g/mol. The third kappa shape index (κ3) is 4.09. The van der Waals surface area contributed by atoms with E-state index < -0.39 is 0 Å². The van der Waals surface area contributed by atoms with Crippen LogP contribution in [-0.2, 0) is 5.41 Å². The molecule has 0 spiro atoms. The van der Waals surface area contributed by atoms with Gasteiger partial charge in [0.25, 0.3) is 0 Å². The van der Waals surface area contributed by atoms with Crippen molar-refractivity contribution in [1.82, 2.24) is 4.57 Å². The zero-order valence-electron chi connectivity index (χ0n) is 25.2. The molecule has 1 unspecified atom stereocenters. The summed E-state index contributed by atoms with van der Waals surface area (Å²) < 4.78 is 2.49.